The van der Waals surface area contributed by atoms with Gasteiger partial charge in [0.1, 0.15) is 17.8 Å². The first-order valence-corrected chi connectivity index (χ1v) is 13.5. The fourth-order valence-corrected chi connectivity index (χ4v) is 8.48. The largest absolute Gasteiger partial charge is 0.472 e. The fourth-order valence-electron chi connectivity index (χ4n) is 8.48. The van der Waals surface area contributed by atoms with Crippen molar-refractivity contribution in [3.63, 3.8) is 0 Å². The molecule has 2 aliphatic heterocycles. The molecule has 5 rings (SSSR count). The van der Waals surface area contributed by atoms with Crippen LogP contribution in [0.1, 0.15) is 84.8 Å². The lowest BCUT2D eigenvalue weighted by Gasteiger charge is -2.70. The van der Waals surface area contributed by atoms with Crippen molar-refractivity contribution in [2.24, 2.45) is 22.2 Å². The van der Waals surface area contributed by atoms with Crippen molar-refractivity contribution < 1.29 is 47.6 Å². The molecule has 8 atom stereocenters. The number of hydrogen-bond donors (Lipinski definition) is 1. The average Bonchev–Trinajstić information content (AvgIpc) is 3.38. The zero-order valence-electron chi connectivity index (χ0n) is 23.4. The van der Waals surface area contributed by atoms with Crippen LogP contribution in [0, 0.1) is 22.2 Å². The van der Waals surface area contributed by atoms with Gasteiger partial charge < -0.3 is 28.5 Å². The highest BCUT2D eigenvalue weighted by molar-refractivity contribution is 5.92. The number of fused-ring (bicyclic) bond motifs is 1. The molecule has 1 aromatic heterocycles. The van der Waals surface area contributed by atoms with Crippen molar-refractivity contribution in [2.75, 3.05) is 7.11 Å². The van der Waals surface area contributed by atoms with E-state index in [9.17, 15) is 24.3 Å². The summed E-state index contributed by atoms with van der Waals surface area (Å²) >= 11 is 0. The lowest BCUT2D eigenvalue weighted by molar-refractivity contribution is -0.364. The number of aliphatic hydroxyl groups is 1. The maximum absolute atomic E-state index is 13.8. The molecule has 2 saturated heterocycles. The second kappa shape index (κ2) is 8.89. The molecule has 10 nitrogen and oxygen atoms in total. The van der Waals surface area contributed by atoms with Crippen molar-refractivity contribution in [3.05, 3.63) is 24.2 Å². The molecule has 39 heavy (non-hydrogen) atoms. The number of Topliss-reactive ketones (excluding diaryl/α,β-unsaturated/α-hetero) is 1. The Morgan fingerprint density at radius 2 is 1.90 bits per heavy atom. The number of hydrogen-bond acceptors (Lipinski definition) is 10. The summed E-state index contributed by atoms with van der Waals surface area (Å²) in [5.74, 6) is -2.38. The molecule has 10 heteroatoms. The molecule has 2 saturated carbocycles. The Bertz CT molecular complexity index is 1190. The molecule has 4 fully saturated rings. The second-order valence-electron chi connectivity index (χ2n) is 12.9. The molecule has 2 aliphatic carbocycles. The van der Waals surface area contributed by atoms with Gasteiger partial charge in [0.15, 0.2) is 11.4 Å². The summed E-state index contributed by atoms with van der Waals surface area (Å²) in [6, 6.07) is 1.71. The number of cyclic esters (lactones) is 1. The Labute approximate surface area is 227 Å². The molecule has 0 radical (unpaired) electrons. The molecule has 214 valence electrons. The van der Waals surface area contributed by atoms with E-state index in [1.165, 1.54) is 26.6 Å². The molecule has 3 heterocycles. The van der Waals surface area contributed by atoms with Crippen LogP contribution in [0.2, 0.25) is 0 Å². The lowest BCUT2D eigenvalue weighted by atomic mass is 9.43. The normalized spacial score (nSPS) is 42.8. The third-order valence-electron chi connectivity index (χ3n) is 10.6. The van der Waals surface area contributed by atoms with E-state index in [1.54, 1.807) is 6.07 Å². The summed E-state index contributed by atoms with van der Waals surface area (Å²) in [6.07, 6.45) is 1.22. The van der Waals surface area contributed by atoms with Crippen LogP contribution >= 0.6 is 0 Å². The summed E-state index contributed by atoms with van der Waals surface area (Å²) in [5.41, 5.74) is -5.60. The van der Waals surface area contributed by atoms with E-state index in [0.29, 0.717) is 12.0 Å². The van der Waals surface area contributed by atoms with Crippen molar-refractivity contribution in [3.8, 4) is 0 Å². The van der Waals surface area contributed by atoms with Crippen LogP contribution in [0.5, 0.6) is 0 Å². The molecular formula is C29H38O10. The lowest BCUT2D eigenvalue weighted by Crippen LogP contribution is -2.80. The van der Waals surface area contributed by atoms with Crippen LogP contribution in [-0.2, 0) is 38.1 Å². The molecule has 0 aromatic carbocycles. The van der Waals surface area contributed by atoms with E-state index < -0.39 is 75.4 Å². The van der Waals surface area contributed by atoms with Gasteiger partial charge in [0.25, 0.3) is 0 Å². The summed E-state index contributed by atoms with van der Waals surface area (Å²) in [6.45, 7) is 8.98. The summed E-state index contributed by atoms with van der Waals surface area (Å²) in [4.78, 5) is 51.7. The van der Waals surface area contributed by atoms with Crippen LogP contribution in [0.25, 0.3) is 0 Å². The van der Waals surface area contributed by atoms with Crippen LogP contribution in [-0.4, -0.2) is 59.3 Å². The van der Waals surface area contributed by atoms with Gasteiger partial charge in [0.05, 0.1) is 32.2 Å². The maximum atomic E-state index is 13.8. The van der Waals surface area contributed by atoms with E-state index >= 15 is 0 Å². The van der Waals surface area contributed by atoms with E-state index in [2.05, 4.69) is 0 Å². The fraction of sp³-hybridized carbons (Fsp3) is 0.724. The predicted octanol–water partition coefficient (Wildman–Crippen LogP) is 3.44. The number of rotatable bonds is 4. The van der Waals surface area contributed by atoms with E-state index in [-0.39, 0.29) is 32.1 Å². The minimum atomic E-state index is -2.02. The minimum Gasteiger partial charge on any atom is -0.472 e. The van der Waals surface area contributed by atoms with Gasteiger partial charge in [-0.2, -0.15) is 0 Å². The van der Waals surface area contributed by atoms with Crippen LogP contribution in [0.15, 0.2) is 23.0 Å². The first-order chi connectivity index (χ1) is 18.1. The zero-order valence-corrected chi connectivity index (χ0v) is 23.4. The average molecular weight is 547 g/mol. The highest BCUT2D eigenvalue weighted by Gasteiger charge is 2.79. The number of methoxy groups -OCH3 is 1. The number of ether oxygens (including phenoxy) is 4. The Morgan fingerprint density at radius 3 is 2.51 bits per heavy atom. The number of esters is 3. The molecule has 0 amide bonds. The standard InChI is InChI=1S/C29H38O10/c1-16(30)37-20-12-21-26(4,18(25(20,2)3)11-22(32)35-6)15-28(34)19(31)7-9-27(5)24(17-8-10-36-14-17)38-23(33)13-29(27,28)39-21/h8,10,14,18,20-21,24,34H,7,9,11-13,15H2,1-6H3. The second-order valence-corrected chi connectivity index (χ2v) is 12.9. The van der Waals surface area contributed by atoms with Gasteiger partial charge in [-0.3, -0.25) is 19.2 Å². The van der Waals surface area contributed by atoms with Crippen molar-refractivity contribution >= 4 is 23.7 Å². The molecule has 8 unspecified atom stereocenters. The molecule has 1 aromatic rings. The summed E-state index contributed by atoms with van der Waals surface area (Å²) < 4.78 is 28.9. The van der Waals surface area contributed by atoms with Crippen molar-refractivity contribution in [2.45, 2.75) is 103 Å². The van der Waals surface area contributed by atoms with E-state index in [0.717, 1.165) is 0 Å². The third kappa shape index (κ3) is 3.74. The van der Waals surface area contributed by atoms with Gasteiger partial charge in [-0.25, -0.2) is 0 Å². The Morgan fingerprint density at radius 1 is 1.18 bits per heavy atom. The van der Waals surface area contributed by atoms with Crippen molar-refractivity contribution in [1.29, 1.82) is 0 Å². The van der Waals surface area contributed by atoms with Crippen molar-refractivity contribution in [1.82, 2.24) is 0 Å². The Hall–Kier alpha value is -2.72. The summed E-state index contributed by atoms with van der Waals surface area (Å²) in [5, 5.41) is 12.5. The van der Waals surface area contributed by atoms with Gasteiger partial charge in [-0.1, -0.05) is 27.7 Å². The highest BCUT2D eigenvalue weighted by atomic mass is 16.6. The van der Waals surface area contributed by atoms with Gasteiger partial charge in [0, 0.05) is 48.0 Å². The quantitative estimate of drug-likeness (QED) is 0.441. The first kappa shape index (κ1) is 27.8. The van der Waals surface area contributed by atoms with Crippen LogP contribution in [0.4, 0.5) is 0 Å². The van der Waals surface area contributed by atoms with Gasteiger partial charge in [-0.05, 0) is 24.8 Å². The number of furan rings is 1. The molecule has 1 spiro atoms. The number of carbonyl (C=O) groups excluding carboxylic acids is 4. The summed E-state index contributed by atoms with van der Waals surface area (Å²) in [7, 11) is 1.31. The molecular weight excluding hydrogens is 508 g/mol. The Kier molecular flexibility index (Phi) is 6.35. The van der Waals surface area contributed by atoms with E-state index in [1.807, 2.05) is 27.7 Å². The van der Waals surface area contributed by atoms with Gasteiger partial charge in [0.2, 0.25) is 0 Å². The molecule has 1 N–H and O–H groups in total. The molecule has 4 aliphatic rings. The molecule has 0 bridgehead atoms. The third-order valence-corrected chi connectivity index (χ3v) is 10.6. The number of carbonyl (C=O) groups is 4. The highest BCUT2D eigenvalue weighted by Crippen LogP contribution is 2.70. The van der Waals surface area contributed by atoms with Crippen LogP contribution < -0.4 is 0 Å². The monoisotopic (exact) mass is 546 g/mol. The van der Waals surface area contributed by atoms with Crippen LogP contribution in [0.3, 0.4) is 0 Å². The van der Waals surface area contributed by atoms with E-state index in [4.69, 9.17) is 23.4 Å². The predicted molar refractivity (Wildman–Crippen MR) is 134 cm³/mol. The topological polar surface area (TPSA) is 139 Å². The maximum Gasteiger partial charge on any atom is 0.309 e. The first-order valence-electron chi connectivity index (χ1n) is 13.5. The SMILES string of the molecule is COC(=O)CC1C(C)(C)C(OC(C)=O)CC2OC34CC(=O)OC(c5ccoc5)C3(C)CCC(=O)C4(O)CC21C. The van der Waals surface area contributed by atoms with Gasteiger partial charge >= 0.3 is 17.9 Å². The zero-order chi connectivity index (χ0) is 28.6. The minimum absolute atomic E-state index is 0.0220. The number of ketones is 1. The Balaban J connectivity index is 1.67. The smallest absolute Gasteiger partial charge is 0.309 e. The van der Waals surface area contributed by atoms with Gasteiger partial charge in [-0.15, -0.1) is 0 Å².